The molecule has 2 aliphatic rings. The van der Waals surface area contributed by atoms with Gasteiger partial charge in [0.1, 0.15) is 0 Å². The van der Waals surface area contributed by atoms with Gasteiger partial charge in [0.2, 0.25) is 11.8 Å². The number of fused-ring (bicyclic) bond motifs is 1. The summed E-state index contributed by atoms with van der Waals surface area (Å²) in [5.74, 6) is -2.20. The number of carboxylic acids is 1. The maximum atomic E-state index is 11.9. The zero-order chi connectivity index (χ0) is 13.0. The Morgan fingerprint density at radius 3 is 2.44 bits per heavy atom. The summed E-state index contributed by atoms with van der Waals surface area (Å²) in [5.41, 5.74) is 0.111. The molecule has 2 fully saturated rings. The van der Waals surface area contributed by atoms with Crippen molar-refractivity contribution in [3.8, 4) is 0 Å². The van der Waals surface area contributed by atoms with Crippen molar-refractivity contribution in [3.05, 3.63) is 28.2 Å². The summed E-state index contributed by atoms with van der Waals surface area (Å²) in [7, 11) is 0. The molecule has 0 radical (unpaired) electrons. The first-order valence-corrected chi connectivity index (χ1v) is 6.20. The van der Waals surface area contributed by atoms with Gasteiger partial charge >= 0.3 is 5.97 Å². The lowest BCUT2D eigenvalue weighted by molar-refractivity contribution is -0.123. The molecule has 5 nitrogen and oxygen atoms in total. The number of carbonyl (C=O) groups is 3. The van der Waals surface area contributed by atoms with Crippen molar-refractivity contribution >= 4 is 39.4 Å². The minimum atomic E-state index is -1.15. The summed E-state index contributed by atoms with van der Waals surface area (Å²) in [6, 6.07) is 4.44. The molecule has 2 atom stereocenters. The molecule has 2 amide bonds. The summed E-state index contributed by atoms with van der Waals surface area (Å²) < 4.78 is 0.628. The van der Waals surface area contributed by atoms with E-state index in [-0.39, 0.29) is 34.9 Å². The number of anilines is 1. The maximum absolute atomic E-state index is 11.9. The van der Waals surface area contributed by atoms with Crippen LogP contribution in [0.15, 0.2) is 22.7 Å². The Kier molecular flexibility index (Phi) is 2.31. The lowest BCUT2D eigenvalue weighted by atomic mass is 10.1. The second-order valence-electron chi connectivity index (χ2n) is 4.43. The number of rotatable bonds is 2. The van der Waals surface area contributed by atoms with Crippen LogP contribution in [0.2, 0.25) is 0 Å². The Morgan fingerprint density at radius 1 is 1.28 bits per heavy atom. The highest BCUT2D eigenvalue weighted by Gasteiger charge is 2.59. The Bertz CT molecular complexity index is 578. The molecule has 1 saturated heterocycles. The Morgan fingerprint density at radius 2 is 1.89 bits per heavy atom. The number of imide groups is 1. The summed E-state index contributed by atoms with van der Waals surface area (Å²) in [6.07, 6.45) is 0.602. The Hall–Kier alpha value is -1.69. The molecule has 1 aliphatic carbocycles. The number of nitrogens with zero attached hydrogens (tertiary/aromatic N) is 1. The molecule has 1 saturated carbocycles. The van der Waals surface area contributed by atoms with Crippen LogP contribution in [0.3, 0.4) is 0 Å². The van der Waals surface area contributed by atoms with E-state index in [1.807, 2.05) is 0 Å². The van der Waals surface area contributed by atoms with E-state index in [9.17, 15) is 14.4 Å². The molecule has 92 valence electrons. The highest BCUT2D eigenvalue weighted by Crippen LogP contribution is 2.49. The van der Waals surface area contributed by atoms with Gasteiger partial charge in [0.25, 0.3) is 0 Å². The van der Waals surface area contributed by atoms with Crippen molar-refractivity contribution in [2.24, 2.45) is 11.8 Å². The second kappa shape index (κ2) is 3.65. The van der Waals surface area contributed by atoms with E-state index in [4.69, 9.17) is 5.11 Å². The highest BCUT2D eigenvalue weighted by molar-refractivity contribution is 9.10. The number of carboxylic acid groups (broad SMARTS) is 1. The van der Waals surface area contributed by atoms with Gasteiger partial charge in [0, 0.05) is 4.47 Å². The van der Waals surface area contributed by atoms with Crippen LogP contribution in [0.1, 0.15) is 16.8 Å². The SMILES string of the molecule is O=C(O)c1ccc(Br)cc1N1C(=O)C2CC2C1=O. The zero-order valence-electron chi connectivity index (χ0n) is 9.09. The lowest BCUT2D eigenvalue weighted by Gasteiger charge is -2.18. The molecule has 0 bridgehead atoms. The fourth-order valence-corrected chi connectivity index (χ4v) is 2.64. The van der Waals surface area contributed by atoms with Crippen LogP contribution in [0.4, 0.5) is 5.69 Å². The number of hydrogen-bond acceptors (Lipinski definition) is 3. The second-order valence-corrected chi connectivity index (χ2v) is 5.34. The van der Waals surface area contributed by atoms with E-state index in [2.05, 4.69) is 15.9 Å². The van der Waals surface area contributed by atoms with Crippen LogP contribution in [-0.4, -0.2) is 22.9 Å². The van der Waals surface area contributed by atoms with Crippen molar-refractivity contribution in [2.45, 2.75) is 6.42 Å². The first-order valence-electron chi connectivity index (χ1n) is 5.41. The third-order valence-corrected chi connectivity index (χ3v) is 3.79. The minimum Gasteiger partial charge on any atom is -0.478 e. The number of halogens is 1. The normalized spacial score (nSPS) is 25.3. The minimum absolute atomic E-state index is 0.0406. The highest BCUT2D eigenvalue weighted by atomic mass is 79.9. The predicted molar refractivity (Wildman–Crippen MR) is 65.2 cm³/mol. The van der Waals surface area contributed by atoms with Gasteiger partial charge in [-0.05, 0) is 24.6 Å². The molecule has 1 N–H and O–H groups in total. The van der Waals surface area contributed by atoms with E-state index in [0.717, 1.165) is 4.90 Å². The molecular weight excluding hydrogens is 302 g/mol. The number of hydrogen-bond donors (Lipinski definition) is 1. The molecular formula is C12H8BrNO4. The van der Waals surface area contributed by atoms with Gasteiger partial charge in [0.05, 0.1) is 23.1 Å². The summed E-state index contributed by atoms with van der Waals surface area (Å²) in [6.45, 7) is 0. The van der Waals surface area contributed by atoms with Crippen LogP contribution in [0.25, 0.3) is 0 Å². The van der Waals surface area contributed by atoms with Crippen LogP contribution in [0.5, 0.6) is 0 Å². The Balaban J connectivity index is 2.11. The van der Waals surface area contributed by atoms with Crippen molar-refractivity contribution in [3.63, 3.8) is 0 Å². The van der Waals surface area contributed by atoms with Crippen LogP contribution < -0.4 is 4.90 Å². The van der Waals surface area contributed by atoms with Crippen LogP contribution in [0, 0.1) is 11.8 Å². The average molecular weight is 310 g/mol. The van der Waals surface area contributed by atoms with E-state index in [1.54, 1.807) is 6.07 Å². The maximum Gasteiger partial charge on any atom is 0.337 e. The number of aromatic carboxylic acids is 1. The smallest absolute Gasteiger partial charge is 0.337 e. The molecule has 18 heavy (non-hydrogen) atoms. The number of piperidine rings is 1. The fourth-order valence-electron chi connectivity index (χ4n) is 2.29. The van der Waals surface area contributed by atoms with Crippen molar-refractivity contribution in [2.75, 3.05) is 4.90 Å². The van der Waals surface area contributed by atoms with Crippen LogP contribution >= 0.6 is 15.9 Å². The largest absolute Gasteiger partial charge is 0.478 e. The van der Waals surface area contributed by atoms with Crippen molar-refractivity contribution in [1.82, 2.24) is 0 Å². The van der Waals surface area contributed by atoms with Gasteiger partial charge in [-0.2, -0.15) is 0 Å². The van der Waals surface area contributed by atoms with Gasteiger partial charge in [-0.3, -0.25) is 9.59 Å². The van der Waals surface area contributed by atoms with E-state index in [1.165, 1.54) is 12.1 Å². The summed E-state index contributed by atoms with van der Waals surface area (Å²) >= 11 is 3.22. The molecule has 1 aliphatic heterocycles. The van der Waals surface area contributed by atoms with Gasteiger partial charge in [-0.1, -0.05) is 15.9 Å². The number of carbonyl (C=O) groups excluding carboxylic acids is 2. The van der Waals surface area contributed by atoms with Crippen LogP contribution in [-0.2, 0) is 9.59 Å². The quantitative estimate of drug-likeness (QED) is 0.843. The van der Waals surface area contributed by atoms with E-state index < -0.39 is 5.97 Å². The Labute approximate surface area is 111 Å². The molecule has 2 unspecified atom stereocenters. The molecule has 0 aromatic heterocycles. The number of benzene rings is 1. The average Bonchev–Trinajstić information content (AvgIpc) is 3.04. The van der Waals surface area contributed by atoms with Gasteiger partial charge < -0.3 is 5.11 Å². The lowest BCUT2D eigenvalue weighted by Crippen LogP contribution is -2.34. The monoisotopic (exact) mass is 309 g/mol. The molecule has 1 heterocycles. The standard InChI is InChI=1S/C12H8BrNO4/c13-5-1-2-6(12(17)18)9(3-5)14-10(15)7-4-8(7)11(14)16/h1-3,7-8H,4H2,(H,17,18). The first kappa shape index (κ1) is 11.4. The fraction of sp³-hybridized carbons (Fsp3) is 0.250. The third kappa shape index (κ3) is 1.49. The zero-order valence-corrected chi connectivity index (χ0v) is 10.7. The molecule has 6 heteroatoms. The molecule has 1 aromatic rings. The van der Waals surface area contributed by atoms with E-state index in [0.29, 0.717) is 10.9 Å². The van der Waals surface area contributed by atoms with Gasteiger partial charge in [0.15, 0.2) is 0 Å². The molecule has 1 aromatic carbocycles. The van der Waals surface area contributed by atoms with Gasteiger partial charge in [-0.15, -0.1) is 0 Å². The number of amides is 2. The van der Waals surface area contributed by atoms with E-state index >= 15 is 0 Å². The molecule has 0 spiro atoms. The van der Waals surface area contributed by atoms with Crippen molar-refractivity contribution < 1.29 is 19.5 Å². The summed E-state index contributed by atoms with van der Waals surface area (Å²) in [4.78, 5) is 36.0. The van der Waals surface area contributed by atoms with Gasteiger partial charge in [-0.25, -0.2) is 9.69 Å². The predicted octanol–water partition coefficient (Wildman–Crippen LogP) is 1.66. The van der Waals surface area contributed by atoms with Crippen molar-refractivity contribution in [1.29, 1.82) is 0 Å². The first-order chi connectivity index (χ1) is 8.50. The topological polar surface area (TPSA) is 74.7 Å². The molecule has 3 rings (SSSR count). The summed E-state index contributed by atoms with van der Waals surface area (Å²) in [5, 5.41) is 9.10. The third-order valence-electron chi connectivity index (χ3n) is 3.30.